The van der Waals surface area contributed by atoms with Gasteiger partial charge < -0.3 is 15.2 Å². The number of hydrogen-bond donors (Lipinski definition) is 1. The van der Waals surface area contributed by atoms with Crippen molar-refractivity contribution < 1.29 is 9.47 Å². The van der Waals surface area contributed by atoms with Crippen LogP contribution in [-0.2, 0) is 28.1 Å². The number of methoxy groups -OCH3 is 1. The molecule has 2 rings (SSSR count). The first-order valence-electron chi connectivity index (χ1n) is 5.89. The smallest absolute Gasteiger partial charge is 0.162 e. The van der Waals surface area contributed by atoms with E-state index < -0.39 is 5.60 Å². The Labute approximate surface area is 101 Å². The molecule has 0 aliphatic carbocycles. The van der Waals surface area contributed by atoms with Crippen molar-refractivity contribution >= 4 is 5.82 Å². The van der Waals surface area contributed by atoms with Crippen LogP contribution in [0.5, 0.6) is 0 Å². The van der Waals surface area contributed by atoms with E-state index in [2.05, 4.69) is 9.97 Å². The lowest BCUT2D eigenvalue weighted by atomic mass is 10.0. The molecule has 1 atom stereocenters. The van der Waals surface area contributed by atoms with Gasteiger partial charge in [0, 0.05) is 19.1 Å². The van der Waals surface area contributed by atoms with Gasteiger partial charge in [0.15, 0.2) is 5.82 Å². The van der Waals surface area contributed by atoms with Crippen molar-refractivity contribution in [3.63, 3.8) is 0 Å². The Kier molecular flexibility index (Phi) is 3.31. The molecule has 2 heterocycles. The van der Waals surface area contributed by atoms with Crippen LogP contribution in [0, 0.1) is 0 Å². The lowest BCUT2D eigenvalue weighted by Gasteiger charge is -2.27. The Morgan fingerprint density at radius 2 is 2.24 bits per heavy atom. The first kappa shape index (κ1) is 12.3. The van der Waals surface area contributed by atoms with Crippen molar-refractivity contribution in [2.45, 2.75) is 38.9 Å². The molecule has 0 amide bonds. The van der Waals surface area contributed by atoms with Gasteiger partial charge in [-0.05, 0) is 13.3 Å². The highest BCUT2D eigenvalue weighted by Gasteiger charge is 2.29. The largest absolute Gasteiger partial charge is 0.383 e. The second-order valence-electron chi connectivity index (χ2n) is 4.45. The van der Waals surface area contributed by atoms with Gasteiger partial charge in [-0.2, -0.15) is 0 Å². The minimum atomic E-state index is -0.471. The Morgan fingerprint density at radius 3 is 2.88 bits per heavy atom. The van der Waals surface area contributed by atoms with Crippen LogP contribution in [0.2, 0.25) is 0 Å². The molecule has 0 fully saturated rings. The molecular weight excluding hydrogens is 218 g/mol. The number of fused-ring (bicyclic) bond motifs is 1. The SMILES string of the molecule is CCC(C)(OC)c1nc(N)c2c(n1)CCOC2. The Morgan fingerprint density at radius 1 is 1.47 bits per heavy atom. The minimum Gasteiger partial charge on any atom is -0.383 e. The molecule has 0 aromatic carbocycles. The average Bonchev–Trinajstić information content (AvgIpc) is 2.38. The maximum atomic E-state index is 5.96. The second-order valence-corrected chi connectivity index (χ2v) is 4.45. The van der Waals surface area contributed by atoms with Gasteiger partial charge in [0.1, 0.15) is 11.4 Å². The van der Waals surface area contributed by atoms with E-state index in [1.807, 2.05) is 13.8 Å². The topological polar surface area (TPSA) is 70.3 Å². The van der Waals surface area contributed by atoms with Crippen molar-refractivity contribution in [3.05, 3.63) is 17.1 Å². The molecule has 1 aliphatic rings. The van der Waals surface area contributed by atoms with Crippen molar-refractivity contribution in [1.82, 2.24) is 9.97 Å². The molecule has 5 heteroatoms. The molecule has 2 N–H and O–H groups in total. The van der Waals surface area contributed by atoms with Crippen molar-refractivity contribution in [2.75, 3.05) is 19.5 Å². The van der Waals surface area contributed by atoms with Crippen LogP contribution in [0.15, 0.2) is 0 Å². The number of hydrogen-bond acceptors (Lipinski definition) is 5. The Balaban J connectivity index is 2.47. The summed E-state index contributed by atoms with van der Waals surface area (Å²) in [5.74, 6) is 1.18. The van der Waals surface area contributed by atoms with Gasteiger partial charge in [-0.25, -0.2) is 9.97 Å². The number of nitrogen functional groups attached to an aromatic ring is 1. The van der Waals surface area contributed by atoms with Crippen molar-refractivity contribution in [2.24, 2.45) is 0 Å². The van der Waals surface area contributed by atoms with E-state index >= 15 is 0 Å². The summed E-state index contributed by atoms with van der Waals surface area (Å²) in [6, 6.07) is 0. The molecule has 1 aliphatic heterocycles. The summed E-state index contributed by atoms with van der Waals surface area (Å²) in [4.78, 5) is 8.95. The predicted octanol–water partition coefficient (Wildman–Crippen LogP) is 1.40. The molecule has 0 spiro atoms. The Hall–Kier alpha value is -1.20. The third-order valence-electron chi connectivity index (χ3n) is 3.45. The van der Waals surface area contributed by atoms with Crippen LogP contribution in [0.4, 0.5) is 5.82 Å². The van der Waals surface area contributed by atoms with Crippen molar-refractivity contribution in [3.8, 4) is 0 Å². The van der Waals surface area contributed by atoms with E-state index in [9.17, 15) is 0 Å². The molecular formula is C12H19N3O2. The number of aromatic nitrogens is 2. The fraction of sp³-hybridized carbons (Fsp3) is 0.667. The molecule has 1 aromatic rings. The second kappa shape index (κ2) is 4.58. The monoisotopic (exact) mass is 237 g/mol. The highest BCUT2D eigenvalue weighted by atomic mass is 16.5. The lowest BCUT2D eigenvalue weighted by Crippen LogP contribution is -2.29. The summed E-state index contributed by atoms with van der Waals surface area (Å²) < 4.78 is 10.9. The first-order chi connectivity index (χ1) is 8.10. The van der Waals surface area contributed by atoms with E-state index in [0.717, 1.165) is 24.1 Å². The highest BCUT2D eigenvalue weighted by molar-refractivity contribution is 5.43. The van der Waals surface area contributed by atoms with Crippen molar-refractivity contribution in [1.29, 1.82) is 0 Å². The first-order valence-corrected chi connectivity index (χ1v) is 5.89. The van der Waals surface area contributed by atoms with Gasteiger partial charge in [-0.1, -0.05) is 6.92 Å². The normalized spacial score (nSPS) is 18.5. The summed E-state index contributed by atoms with van der Waals surface area (Å²) >= 11 is 0. The van der Waals surface area contributed by atoms with Gasteiger partial charge >= 0.3 is 0 Å². The molecule has 0 saturated heterocycles. The van der Waals surface area contributed by atoms with E-state index in [1.165, 1.54) is 0 Å². The molecule has 1 unspecified atom stereocenters. The quantitative estimate of drug-likeness (QED) is 0.860. The van der Waals surface area contributed by atoms with Gasteiger partial charge in [0.05, 0.1) is 18.9 Å². The summed E-state index contributed by atoms with van der Waals surface area (Å²) in [6.45, 7) is 5.23. The zero-order chi connectivity index (χ0) is 12.5. The van der Waals surface area contributed by atoms with Gasteiger partial charge in [0.25, 0.3) is 0 Å². The fourth-order valence-electron chi connectivity index (χ4n) is 1.89. The lowest BCUT2D eigenvalue weighted by molar-refractivity contribution is -0.00942. The zero-order valence-electron chi connectivity index (χ0n) is 10.6. The molecule has 5 nitrogen and oxygen atoms in total. The molecule has 0 saturated carbocycles. The van der Waals surface area contributed by atoms with Crippen LogP contribution in [-0.4, -0.2) is 23.7 Å². The summed E-state index contributed by atoms with van der Waals surface area (Å²) in [6.07, 6.45) is 1.59. The van der Waals surface area contributed by atoms with Crippen LogP contribution in [0.3, 0.4) is 0 Å². The maximum Gasteiger partial charge on any atom is 0.162 e. The fourth-order valence-corrected chi connectivity index (χ4v) is 1.89. The number of nitrogens with two attached hydrogens (primary N) is 1. The third kappa shape index (κ3) is 2.12. The number of ether oxygens (including phenoxy) is 2. The minimum absolute atomic E-state index is 0.471. The summed E-state index contributed by atoms with van der Waals surface area (Å²) in [5, 5.41) is 0. The van der Waals surface area contributed by atoms with Crippen LogP contribution >= 0.6 is 0 Å². The number of rotatable bonds is 3. The van der Waals surface area contributed by atoms with Gasteiger partial charge in [-0.3, -0.25) is 0 Å². The van der Waals surface area contributed by atoms with Crippen LogP contribution in [0.25, 0.3) is 0 Å². The standard InChI is InChI=1S/C12H19N3O2/c1-4-12(2,16-3)11-14-9-5-6-17-7-8(9)10(13)15-11/h4-7H2,1-3H3,(H2,13,14,15). The zero-order valence-corrected chi connectivity index (χ0v) is 10.6. The number of nitrogens with zero attached hydrogens (tertiary/aromatic N) is 2. The molecule has 0 bridgehead atoms. The van der Waals surface area contributed by atoms with E-state index in [0.29, 0.717) is 24.9 Å². The van der Waals surface area contributed by atoms with Gasteiger partial charge in [-0.15, -0.1) is 0 Å². The summed E-state index contributed by atoms with van der Waals surface area (Å²) in [5.41, 5.74) is 7.41. The van der Waals surface area contributed by atoms with Crippen LogP contribution < -0.4 is 5.73 Å². The average molecular weight is 237 g/mol. The summed E-state index contributed by atoms with van der Waals surface area (Å²) in [7, 11) is 1.67. The van der Waals surface area contributed by atoms with Gasteiger partial charge in [0.2, 0.25) is 0 Å². The van der Waals surface area contributed by atoms with E-state index in [-0.39, 0.29) is 0 Å². The molecule has 17 heavy (non-hydrogen) atoms. The molecule has 1 aromatic heterocycles. The highest BCUT2D eigenvalue weighted by Crippen LogP contribution is 2.28. The predicted molar refractivity (Wildman–Crippen MR) is 64.5 cm³/mol. The number of anilines is 1. The van der Waals surface area contributed by atoms with E-state index in [4.69, 9.17) is 15.2 Å². The Bertz CT molecular complexity index is 416. The maximum absolute atomic E-state index is 5.96. The molecule has 0 radical (unpaired) electrons. The third-order valence-corrected chi connectivity index (χ3v) is 3.45. The van der Waals surface area contributed by atoms with E-state index in [1.54, 1.807) is 7.11 Å². The van der Waals surface area contributed by atoms with Crippen LogP contribution in [0.1, 0.15) is 37.4 Å². The molecule has 94 valence electrons.